The molecule has 4 heteroatoms. The Morgan fingerprint density at radius 2 is 2.14 bits per heavy atom. The molecule has 0 bridgehead atoms. The van der Waals surface area contributed by atoms with Crippen molar-refractivity contribution in [1.82, 2.24) is 14.7 Å². The first-order valence-corrected chi connectivity index (χ1v) is 8.34. The van der Waals surface area contributed by atoms with Gasteiger partial charge < -0.3 is 9.64 Å². The minimum atomic E-state index is 0.786. The van der Waals surface area contributed by atoms with Crippen LogP contribution in [0.4, 0.5) is 0 Å². The Bertz CT molecular complexity index is 550. The second-order valence-corrected chi connectivity index (χ2v) is 5.89. The third-order valence-electron chi connectivity index (χ3n) is 4.43. The van der Waals surface area contributed by atoms with Crippen molar-refractivity contribution in [3.63, 3.8) is 0 Å². The molecule has 2 heterocycles. The molecule has 1 fully saturated rings. The number of benzene rings is 1. The Morgan fingerprint density at radius 1 is 1.27 bits per heavy atom. The molecule has 2 aromatic rings. The van der Waals surface area contributed by atoms with Gasteiger partial charge in [-0.2, -0.15) is 5.10 Å². The summed E-state index contributed by atoms with van der Waals surface area (Å²) < 4.78 is 7.70. The Labute approximate surface area is 132 Å². The zero-order chi connectivity index (χ0) is 15.2. The minimum absolute atomic E-state index is 0.786. The van der Waals surface area contributed by atoms with E-state index in [1.54, 1.807) is 6.20 Å². The molecule has 0 aliphatic carbocycles. The van der Waals surface area contributed by atoms with Crippen LogP contribution in [0.15, 0.2) is 42.7 Å². The first-order chi connectivity index (χ1) is 10.9. The van der Waals surface area contributed by atoms with Crippen molar-refractivity contribution >= 4 is 0 Å². The van der Waals surface area contributed by atoms with E-state index in [2.05, 4.69) is 16.9 Å². The highest BCUT2D eigenvalue weighted by molar-refractivity contribution is 5.36. The lowest BCUT2D eigenvalue weighted by Gasteiger charge is -2.23. The first kappa shape index (κ1) is 15.1. The number of ether oxygens (including phenoxy) is 1. The number of likely N-dealkylation sites (tertiary alicyclic amines) is 1. The van der Waals surface area contributed by atoms with Gasteiger partial charge in [-0.15, -0.1) is 0 Å². The van der Waals surface area contributed by atoms with Gasteiger partial charge in [0.15, 0.2) is 0 Å². The summed E-state index contributed by atoms with van der Waals surface area (Å²) >= 11 is 0. The lowest BCUT2D eigenvalue weighted by Crippen LogP contribution is -2.30. The molecular weight excluding hydrogens is 274 g/mol. The molecule has 0 radical (unpaired) electrons. The Morgan fingerprint density at radius 3 is 2.86 bits per heavy atom. The van der Waals surface area contributed by atoms with Crippen molar-refractivity contribution in [2.24, 2.45) is 0 Å². The largest absolute Gasteiger partial charge is 0.494 e. The fourth-order valence-electron chi connectivity index (χ4n) is 3.23. The zero-order valence-electron chi connectivity index (χ0n) is 13.3. The molecule has 118 valence electrons. The maximum absolute atomic E-state index is 5.85. The van der Waals surface area contributed by atoms with E-state index in [-0.39, 0.29) is 0 Å². The van der Waals surface area contributed by atoms with Gasteiger partial charge in [0.25, 0.3) is 0 Å². The van der Waals surface area contributed by atoms with Crippen LogP contribution in [0.2, 0.25) is 0 Å². The van der Waals surface area contributed by atoms with Gasteiger partial charge in [-0.3, -0.25) is 0 Å². The Kier molecular flexibility index (Phi) is 5.11. The van der Waals surface area contributed by atoms with Crippen molar-refractivity contribution in [2.75, 3.05) is 19.7 Å². The lowest BCUT2D eigenvalue weighted by molar-refractivity contribution is 0.217. The average molecular weight is 299 g/mol. The van der Waals surface area contributed by atoms with Gasteiger partial charge in [-0.25, -0.2) is 4.68 Å². The molecule has 1 aromatic heterocycles. The van der Waals surface area contributed by atoms with Crippen LogP contribution in [0.3, 0.4) is 0 Å². The summed E-state index contributed by atoms with van der Waals surface area (Å²) in [6.45, 7) is 5.50. The van der Waals surface area contributed by atoms with Crippen molar-refractivity contribution in [2.45, 2.75) is 38.6 Å². The maximum atomic E-state index is 5.85. The van der Waals surface area contributed by atoms with E-state index in [1.165, 1.54) is 25.8 Å². The summed E-state index contributed by atoms with van der Waals surface area (Å²) in [6, 6.07) is 10.8. The topological polar surface area (TPSA) is 30.3 Å². The van der Waals surface area contributed by atoms with Crippen LogP contribution in [0.1, 0.15) is 32.6 Å². The summed E-state index contributed by atoms with van der Waals surface area (Å²) in [6.07, 6.45) is 8.82. The highest BCUT2D eigenvalue weighted by Gasteiger charge is 2.21. The molecular formula is C18H25N3O. The number of rotatable bonds is 7. The third-order valence-corrected chi connectivity index (χ3v) is 4.43. The van der Waals surface area contributed by atoms with Crippen LogP contribution < -0.4 is 4.74 Å². The quantitative estimate of drug-likeness (QED) is 0.733. The van der Waals surface area contributed by atoms with E-state index in [9.17, 15) is 0 Å². The number of hydrogen-bond acceptors (Lipinski definition) is 3. The van der Waals surface area contributed by atoms with Crippen LogP contribution >= 0.6 is 0 Å². The highest BCUT2D eigenvalue weighted by atomic mass is 16.5. The van der Waals surface area contributed by atoms with E-state index in [4.69, 9.17) is 4.74 Å². The van der Waals surface area contributed by atoms with Crippen LogP contribution in [-0.2, 0) is 0 Å². The Balaban J connectivity index is 1.42. The molecule has 1 aliphatic heterocycles. The summed E-state index contributed by atoms with van der Waals surface area (Å²) in [4.78, 5) is 2.62. The molecule has 4 nitrogen and oxygen atoms in total. The lowest BCUT2D eigenvalue weighted by atomic mass is 10.2. The van der Waals surface area contributed by atoms with Gasteiger partial charge in [-0.05, 0) is 62.6 Å². The zero-order valence-corrected chi connectivity index (χ0v) is 13.3. The number of hydrogen-bond donors (Lipinski definition) is 0. The van der Waals surface area contributed by atoms with Crippen molar-refractivity contribution < 1.29 is 4.74 Å². The predicted octanol–water partition coefficient (Wildman–Crippen LogP) is 3.52. The molecule has 1 unspecified atom stereocenters. The molecule has 3 rings (SSSR count). The summed E-state index contributed by atoms with van der Waals surface area (Å²) in [5.74, 6) is 0.935. The molecule has 0 amide bonds. The molecule has 1 saturated heterocycles. The molecule has 0 N–H and O–H groups in total. The fraction of sp³-hybridized carbons (Fsp3) is 0.500. The van der Waals surface area contributed by atoms with Crippen molar-refractivity contribution in [1.29, 1.82) is 0 Å². The molecule has 0 saturated carbocycles. The minimum Gasteiger partial charge on any atom is -0.494 e. The van der Waals surface area contributed by atoms with Gasteiger partial charge in [0, 0.05) is 25.0 Å². The summed E-state index contributed by atoms with van der Waals surface area (Å²) in [7, 11) is 0. The SMILES string of the molecule is CCC1CCCN1CCCOc1ccc(-n2cccn2)cc1. The van der Waals surface area contributed by atoms with Crippen LogP contribution in [0, 0.1) is 0 Å². The summed E-state index contributed by atoms with van der Waals surface area (Å²) in [5.41, 5.74) is 1.06. The van der Waals surface area contributed by atoms with E-state index in [0.717, 1.165) is 37.1 Å². The standard InChI is InChI=1S/C18H25N3O/c1-2-16-6-3-12-20(16)13-5-15-22-18-9-7-17(8-10-18)21-14-4-11-19-21/h4,7-11,14,16H,2-3,5-6,12-13,15H2,1H3. The van der Waals surface area contributed by atoms with Gasteiger partial charge in [0.05, 0.1) is 12.3 Å². The van der Waals surface area contributed by atoms with Crippen molar-refractivity contribution in [3.8, 4) is 11.4 Å². The maximum Gasteiger partial charge on any atom is 0.119 e. The van der Waals surface area contributed by atoms with Crippen molar-refractivity contribution in [3.05, 3.63) is 42.7 Å². The average Bonchev–Trinajstić information content (AvgIpc) is 3.23. The summed E-state index contributed by atoms with van der Waals surface area (Å²) in [5, 5.41) is 4.22. The second-order valence-electron chi connectivity index (χ2n) is 5.89. The normalized spacial score (nSPS) is 18.7. The second kappa shape index (κ2) is 7.45. The van der Waals surface area contributed by atoms with Crippen LogP contribution in [0.5, 0.6) is 5.75 Å². The van der Waals surface area contributed by atoms with Gasteiger partial charge in [-0.1, -0.05) is 6.92 Å². The monoisotopic (exact) mass is 299 g/mol. The van der Waals surface area contributed by atoms with E-state index in [1.807, 2.05) is 41.2 Å². The fourth-order valence-corrected chi connectivity index (χ4v) is 3.23. The Hall–Kier alpha value is -1.81. The molecule has 1 atom stereocenters. The van der Waals surface area contributed by atoms with E-state index >= 15 is 0 Å². The van der Waals surface area contributed by atoms with Gasteiger partial charge >= 0.3 is 0 Å². The predicted molar refractivity (Wildman–Crippen MR) is 88.6 cm³/mol. The highest BCUT2D eigenvalue weighted by Crippen LogP contribution is 2.20. The van der Waals surface area contributed by atoms with Gasteiger partial charge in [0.2, 0.25) is 0 Å². The number of nitrogens with zero attached hydrogens (tertiary/aromatic N) is 3. The van der Waals surface area contributed by atoms with Gasteiger partial charge in [0.1, 0.15) is 5.75 Å². The third kappa shape index (κ3) is 3.69. The molecule has 22 heavy (non-hydrogen) atoms. The van der Waals surface area contributed by atoms with Crippen LogP contribution in [0.25, 0.3) is 5.69 Å². The smallest absolute Gasteiger partial charge is 0.119 e. The van der Waals surface area contributed by atoms with E-state index in [0.29, 0.717) is 0 Å². The van der Waals surface area contributed by atoms with E-state index < -0.39 is 0 Å². The number of aromatic nitrogens is 2. The van der Waals surface area contributed by atoms with Crippen LogP contribution in [-0.4, -0.2) is 40.4 Å². The molecule has 1 aromatic carbocycles. The molecule has 1 aliphatic rings. The first-order valence-electron chi connectivity index (χ1n) is 8.34. The molecule has 0 spiro atoms.